The standard InChI is InChI=1S/C15H22FNO3/c1-3-17-6-7-19-13(9-17)10-20-15-5-4-12(11(2)18)8-14(15)16/h4-5,8,11,13,18H,3,6-7,9-10H2,1-2H3/t11-,13?/m1/s1. The number of likely N-dealkylation sites (N-methyl/N-ethyl adjacent to an activating group) is 1. The van der Waals surface area contributed by atoms with Gasteiger partial charge in [-0.25, -0.2) is 4.39 Å². The second-order valence-corrected chi connectivity index (χ2v) is 5.06. The van der Waals surface area contributed by atoms with Crippen LogP contribution in [0.1, 0.15) is 25.5 Å². The van der Waals surface area contributed by atoms with E-state index in [1.54, 1.807) is 19.1 Å². The Morgan fingerprint density at radius 3 is 3.00 bits per heavy atom. The average molecular weight is 283 g/mol. The minimum Gasteiger partial charge on any atom is -0.488 e. The molecule has 1 aromatic carbocycles. The Kier molecular flexibility index (Phi) is 5.34. The van der Waals surface area contributed by atoms with Crippen LogP contribution in [0.25, 0.3) is 0 Å². The van der Waals surface area contributed by atoms with Crippen LogP contribution >= 0.6 is 0 Å². The van der Waals surface area contributed by atoms with Gasteiger partial charge in [0.25, 0.3) is 0 Å². The lowest BCUT2D eigenvalue weighted by Crippen LogP contribution is -2.44. The van der Waals surface area contributed by atoms with Gasteiger partial charge < -0.3 is 14.6 Å². The summed E-state index contributed by atoms with van der Waals surface area (Å²) in [5.41, 5.74) is 0.543. The van der Waals surface area contributed by atoms with E-state index in [0.29, 0.717) is 18.8 Å². The number of rotatable bonds is 5. The Bertz CT molecular complexity index is 439. The van der Waals surface area contributed by atoms with E-state index in [9.17, 15) is 9.50 Å². The van der Waals surface area contributed by atoms with Crippen LogP contribution in [-0.4, -0.2) is 49.0 Å². The van der Waals surface area contributed by atoms with E-state index in [1.807, 2.05) is 0 Å². The molecule has 1 unspecified atom stereocenters. The Morgan fingerprint density at radius 1 is 1.55 bits per heavy atom. The molecule has 0 radical (unpaired) electrons. The largest absolute Gasteiger partial charge is 0.488 e. The van der Waals surface area contributed by atoms with Gasteiger partial charge in [-0.3, -0.25) is 4.90 Å². The fourth-order valence-corrected chi connectivity index (χ4v) is 2.25. The third-order valence-electron chi connectivity index (χ3n) is 3.53. The zero-order valence-corrected chi connectivity index (χ0v) is 12.0. The summed E-state index contributed by atoms with van der Waals surface area (Å²) < 4.78 is 24.9. The highest BCUT2D eigenvalue weighted by atomic mass is 19.1. The summed E-state index contributed by atoms with van der Waals surface area (Å²) in [6.45, 7) is 7.46. The fourth-order valence-electron chi connectivity index (χ4n) is 2.25. The topological polar surface area (TPSA) is 41.9 Å². The molecule has 1 aliphatic rings. The molecule has 4 nitrogen and oxygen atoms in total. The third kappa shape index (κ3) is 3.91. The lowest BCUT2D eigenvalue weighted by Gasteiger charge is -2.31. The van der Waals surface area contributed by atoms with E-state index < -0.39 is 11.9 Å². The molecule has 2 rings (SSSR count). The van der Waals surface area contributed by atoms with Crippen LogP contribution in [0.2, 0.25) is 0 Å². The predicted molar refractivity (Wildman–Crippen MR) is 74.4 cm³/mol. The number of morpholine rings is 1. The van der Waals surface area contributed by atoms with Crippen molar-refractivity contribution < 1.29 is 19.0 Å². The molecule has 20 heavy (non-hydrogen) atoms. The molecule has 5 heteroatoms. The third-order valence-corrected chi connectivity index (χ3v) is 3.53. The van der Waals surface area contributed by atoms with Crippen LogP contribution in [0.4, 0.5) is 4.39 Å². The lowest BCUT2D eigenvalue weighted by molar-refractivity contribution is -0.0468. The van der Waals surface area contributed by atoms with Crippen molar-refractivity contribution in [2.75, 3.05) is 32.8 Å². The normalized spacial score (nSPS) is 21.7. The quantitative estimate of drug-likeness (QED) is 0.897. The summed E-state index contributed by atoms with van der Waals surface area (Å²) >= 11 is 0. The zero-order chi connectivity index (χ0) is 14.5. The maximum absolute atomic E-state index is 13.8. The molecular weight excluding hydrogens is 261 g/mol. The summed E-state index contributed by atoms with van der Waals surface area (Å²) in [5.74, 6) is -0.252. The first-order valence-corrected chi connectivity index (χ1v) is 7.04. The smallest absolute Gasteiger partial charge is 0.165 e. The average Bonchev–Trinajstić information content (AvgIpc) is 2.46. The molecule has 1 aromatic rings. The van der Waals surface area contributed by atoms with Gasteiger partial charge in [0.15, 0.2) is 11.6 Å². The maximum Gasteiger partial charge on any atom is 0.165 e. The summed E-state index contributed by atoms with van der Waals surface area (Å²) in [4.78, 5) is 2.28. The molecule has 0 aromatic heterocycles. The molecule has 1 saturated heterocycles. The van der Waals surface area contributed by atoms with Gasteiger partial charge in [-0.2, -0.15) is 0 Å². The molecule has 1 heterocycles. The molecule has 0 spiro atoms. The maximum atomic E-state index is 13.8. The number of hydrogen-bond acceptors (Lipinski definition) is 4. The van der Waals surface area contributed by atoms with E-state index in [1.165, 1.54) is 6.07 Å². The van der Waals surface area contributed by atoms with Crippen LogP contribution in [0, 0.1) is 5.82 Å². The van der Waals surface area contributed by atoms with Crippen LogP contribution < -0.4 is 4.74 Å². The molecule has 1 aliphatic heterocycles. The van der Waals surface area contributed by atoms with Crippen molar-refractivity contribution >= 4 is 0 Å². The lowest BCUT2D eigenvalue weighted by atomic mass is 10.1. The van der Waals surface area contributed by atoms with Gasteiger partial charge in [0.2, 0.25) is 0 Å². The molecule has 0 bridgehead atoms. The molecule has 2 atom stereocenters. The van der Waals surface area contributed by atoms with Crippen LogP contribution in [-0.2, 0) is 4.74 Å². The SMILES string of the molecule is CCN1CCOC(COc2ccc([C@@H](C)O)cc2F)C1. The first-order chi connectivity index (χ1) is 9.60. The Morgan fingerprint density at radius 2 is 2.35 bits per heavy atom. The van der Waals surface area contributed by atoms with Gasteiger partial charge in [-0.1, -0.05) is 13.0 Å². The Balaban J connectivity index is 1.90. The number of aliphatic hydroxyl groups excluding tert-OH is 1. The summed E-state index contributed by atoms with van der Waals surface area (Å²) in [6.07, 6.45) is -0.710. The highest BCUT2D eigenvalue weighted by Crippen LogP contribution is 2.22. The van der Waals surface area contributed by atoms with Crippen molar-refractivity contribution in [2.45, 2.75) is 26.1 Å². The molecule has 0 saturated carbocycles. The van der Waals surface area contributed by atoms with Crippen molar-refractivity contribution in [2.24, 2.45) is 0 Å². The van der Waals surface area contributed by atoms with E-state index in [-0.39, 0.29) is 11.9 Å². The van der Waals surface area contributed by atoms with E-state index in [2.05, 4.69) is 11.8 Å². The molecule has 1 fully saturated rings. The van der Waals surface area contributed by atoms with E-state index >= 15 is 0 Å². The van der Waals surface area contributed by atoms with Crippen molar-refractivity contribution in [3.05, 3.63) is 29.6 Å². The van der Waals surface area contributed by atoms with Gasteiger partial charge in [0.05, 0.1) is 12.7 Å². The molecule has 0 amide bonds. The van der Waals surface area contributed by atoms with Crippen LogP contribution in [0.15, 0.2) is 18.2 Å². The predicted octanol–water partition coefficient (Wildman–Crippen LogP) is 1.98. The minimum absolute atomic E-state index is 0.0282. The van der Waals surface area contributed by atoms with E-state index in [4.69, 9.17) is 9.47 Å². The number of nitrogens with zero attached hydrogens (tertiary/aromatic N) is 1. The number of halogens is 1. The van der Waals surface area contributed by atoms with Crippen LogP contribution in [0.5, 0.6) is 5.75 Å². The Hall–Kier alpha value is -1.17. The zero-order valence-electron chi connectivity index (χ0n) is 12.0. The highest BCUT2D eigenvalue weighted by molar-refractivity contribution is 5.30. The number of ether oxygens (including phenoxy) is 2. The number of aliphatic hydroxyl groups is 1. The monoisotopic (exact) mass is 283 g/mol. The molecule has 112 valence electrons. The van der Waals surface area contributed by atoms with Gasteiger partial charge in [-0.05, 0) is 31.2 Å². The molecule has 0 aliphatic carbocycles. The Labute approximate surface area is 119 Å². The van der Waals surface area contributed by atoms with Crippen molar-refractivity contribution in [3.8, 4) is 5.75 Å². The summed E-state index contributed by atoms with van der Waals surface area (Å²) in [5, 5.41) is 9.40. The highest BCUT2D eigenvalue weighted by Gasteiger charge is 2.20. The second kappa shape index (κ2) is 7.02. The van der Waals surface area contributed by atoms with Crippen molar-refractivity contribution in [1.82, 2.24) is 4.90 Å². The first kappa shape index (κ1) is 15.2. The summed E-state index contributed by atoms with van der Waals surface area (Å²) in [6, 6.07) is 4.53. The van der Waals surface area contributed by atoms with Gasteiger partial charge in [-0.15, -0.1) is 0 Å². The van der Waals surface area contributed by atoms with Crippen molar-refractivity contribution in [1.29, 1.82) is 0 Å². The second-order valence-electron chi connectivity index (χ2n) is 5.06. The summed E-state index contributed by atoms with van der Waals surface area (Å²) in [7, 11) is 0. The first-order valence-electron chi connectivity index (χ1n) is 7.04. The molecular formula is C15H22FNO3. The van der Waals surface area contributed by atoms with Crippen molar-refractivity contribution in [3.63, 3.8) is 0 Å². The van der Waals surface area contributed by atoms with Gasteiger partial charge in [0, 0.05) is 13.1 Å². The van der Waals surface area contributed by atoms with Gasteiger partial charge in [0.1, 0.15) is 12.7 Å². The fraction of sp³-hybridized carbons (Fsp3) is 0.600. The number of benzene rings is 1. The molecule has 1 N–H and O–H groups in total. The van der Waals surface area contributed by atoms with E-state index in [0.717, 1.165) is 19.6 Å². The minimum atomic E-state index is -0.682. The van der Waals surface area contributed by atoms with Crippen LogP contribution in [0.3, 0.4) is 0 Å². The van der Waals surface area contributed by atoms with Gasteiger partial charge >= 0.3 is 0 Å². The number of hydrogen-bond donors (Lipinski definition) is 1.